The molecule has 6 atom stereocenters. The first-order valence-corrected chi connectivity index (χ1v) is 11.4. The molecule has 0 saturated carbocycles. The molecule has 0 unspecified atom stereocenters. The van der Waals surface area contributed by atoms with Crippen molar-refractivity contribution in [1.29, 1.82) is 0 Å². The summed E-state index contributed by atoms with van der Waals surface area (Å²) >= 11 is 0.787. The molecule has 34 heavy (non-hydrogen) atoms. The van der Waals surface area contributed by atoms with Gasteiger partial charge in [-0.2, -0.15) is 13.2 Å². The van der Waals surface area contributed by atoms with Crippen molar-refractivity contribution in [2.75, 3.05) is 7.05 Å². The molecule has 1 aromatic rings. The summed E-state index contributed by atoms with van der Waals surface area (Å²) in [6.45, 7) is 5.33. The highest BCUT2D eigenvalue weighted by Crippen LogP contribution is 2.46. The van der Waals surface area contributed by atoms with Crippen LogP contribution < -0.4 is 0 Å². The molecule has 0 aromatic heterocycles. The van der Waals surface area contributed by atoms with Gasteiger partial charge in [-0.25, -0.2) is 9.18 Å². The second-order valence-electron chi connectivity index (χ2n) is 9.34. The molecular weight excluding hydrogens is 480 g/mol. The van der Waals surface area contributed by atoms with E-state index >= 15 is 4.39 Å². The molecule has 1 N–H and O–H groups in total. The number of ether oxygens (including phenoxy) is 3. The molecule has 1 aromatic carbocycles. The van der Waals surface area contributed by atoms with Gasteiger partial charge in [0.1, 0.15) is 29.3 Å². The largest absolute Gasteiger partial charge is 0.443 e. The number of hydrogen-bond donors (Lipinski definition) is 1. The number of rotatable bonds is 4. The Bertz CT molecular complexity index is 907. The Morgan fingerprint density at radius 2 is 1.82 bits per heavy atom. The molecule has 2 heterocycles. The molecule has 1 amide bonds. The van der Waals surface area contributed by atoms with Crippen molar-refractivity contribution in [2.24, 2.45) is 4.99 Å². The number of thioether (sulfide) groups is 1. The topological polar surface area (TPSA) is 80.6 Å². The van der Waals surface area contributed by atoms with Gasteiger partial charge in [0.05, 0.1) is 6.61 Å². The predicted octanol–water partition coefficient (Wildman–Crippen LogP) is 4.29. The molecule has 0 bridgehead atoms. The third kappa shape index (κ3) is 5.67. The Balaban J connectivity index is 1.85. The van der Waals surface area contributed by atoms with E-state index in [4.69, 9.17) is 14.2 Å². The lowest BCUT2D eigenvalue weighted by Gasteiger charge is -2.45. The molecule has 12 heteroatoms. The van der Waals surface area contributed by atoms with Crippen LogP contribution >= 0.6 is 11.8 Å². The summed E-state index contributed by atoms with van der Waals surface area (Å²) in [6, 6.07) is 7.27. The maximum atomic E-state index is 15.6. The second-order valence-corrected chi connectivity index (χ2v) is 10.4. The average molecular weight is 509 g/mol. The van der Waals surface area contributed by atoms with Gasteiger partial charge in [0, 0.05) is 7.05 Å². The van der Waals surface area contributed by atoms with Crippen molar-refractivity contribution in [3.63, 3.8) is 0 Å². The molecular formula is C22H28F4N2O5S. The number of benzene rings is 1. The van der Waals surface area contributed by atoms with Crippen molar-refractivity contribution >= 4 is 23.0 Å². The molecule has 7 nitrogen and oxygen atoms in total. The van der Waals surface area contributed by atoms with Crippen LogP contribution in [0, 0.1) is 0 Å². The molecule has 2 aliphatic rings. The van der Waals surface area contributed by atoms with Crippen LogP contribution in [0.5, 0.6) is 0 Å². The van der Waals surface area contributed by atoms with E-state index in [0.717, 1.165) is 16.7 Å². The lowest BCUT2D eigenvalue weighted by atomic mass is 9.87. The summed E-state index contributed by atoms with van der Waals surface area (Å²) in [7, 11) is 1.36. The summed E-state index contributed by atoms with van der Waals surface area (Å²) in [5.74, 6) is 0. The highest BCUT2D eigenvalue weighted by molar-refractivity contribution is 8.14. The van der Waals surface area contributed by atoms with Crippen LogP contribution in [0.4, 0.5) is 22.4 Å². The fourth-order valence-corrected chi connectivity index (χ4v) is 4.59. The number of fused-ring (bicyclic) bond motifs is 1. The highest BCUT2D eigenvalue weighted by atomic mass is 32.2. The van der Waals surface area contributed by atoms with Gasteiger partial charge in [-0.15, -0.1) is 0 Å². The van der Waals surface area contributed by atoms with Gasteiger partial charge in [0.15, 0.2) is 16.9 Å². The first-order chi connectivity index (χ1) is 15.6. The lowest BCUT2D eigenvalue weighted by Crippen LogP contribution is -2.65. The van der Waals surface area contributed by atoms with Gasteiger partial charge >= 0.3 is 12.3 Å². The minimum Gasteiger partial charge on any atom is -0.443 e. The summed E-state index contributed by atoms with van der Waals surface area (Å²) in [5, 5.41) is 10.4. The number of carbonyl (C=O) groups excluding carboxylic acids is 1. The van der Waals surface area contributed by atoms with Crippen molar-refractivity contribution in [3.8, 4) is 0 Å². The Labute approximate surface area is 199 Å². The van der Waals surface area contributed by atoms with Crippen LogP contribution in [0.25, 0.3) is 0 Å². The van der Waals surface area contributed by atoms with Crippen molar-refractivity contribution < 1.29 is 41.7 Å². The monoisotopic (exact) mass is 508 g/mol. The van der Waals surface area contributed by atoms with E-state index in [2.05, 4.69) is 4.99 Å². The minimum atomic E-state index is -5.11. The van der Waals surface area contributed by atoms with Gasteiger partial charge in [-0.3, -0.25) is 9.89 Å². The fraction of sp³-hybridized carbons (Fsp3) is 0.636. The van der Waals surface area contributed by atoms with Gasteiger partial charge in [0.25, 0.3) is 0 Å². The lowest BCUT2D eigenvalue weighted by molar-refractivity contribution is -0.319. The highest BCUT2D eigenvalue weighted by Gasteiger charge is 2.64. The molecule has 0 aliphatic carbocycles. The Morgan fingerprint density at radius 1 is 1.21 bits per heavy atom. The second kappa shape index (κ2) is 9.63. The number of aliphatic hydroxyl groups is 1. The maximum Gasteiger partial charge on any atom is 0.419 e. The molecule has 1 fully saturated rings. The van der Waals surface area contributed by atoms with Crippen LogP contribution in [0.2, 0.25) is 0 Å². The van der Waals surface area contributed by atoms with Crippen molar-refractivity contribution in [2.45, 2.75) is 81.5 Å². The summed E-state index contributed by atoms with van der Waals surface area (Å²) in [4.78, 5) is 17.6. The number of hydrogen-bond acceptors (Lipinski definition) is 7. The van der Waals surface area contributed by atoms with E-state index in [1.807, 2.05) is 0 Å². The first kappa shape index (κ1) is 26.7. The Morgan fingerprint density at radius 3 is 2.38 bits per heavy atom. The smallest absolute Gasteiger partial charge is 0.419 e. The number of amidine groups is 1. The van der Waals surface area contributed by atoms with Crippen LogP contribution in [-0.4, -0.2) is 75.6 Å². The average Bonchev–Trinajstić information content (AvgIpc) is 3.15. The number of alkyl halides is 4. The SMILES string of the molecule is CN(C(=O)OC(C)(C)C)C1=N[C@@H]2[C@H](F)[C@H](OCc3ccccc3)[C@@H]([C@](C)(O)C(F)(F)F)O[C@@H]2S1. The fourth-order valence-electron chi connectivity index (χ4n) is 3.44. The molecule has 2 aliphatic heterocycles. The van der Waals surface area contributed by atoms with Crippen LogP contribution in [0.3, 0.4) is 0 Å². The summed E-state index contributed by atoms with van der Waals surface area (Å²) in [5.41, 5.74) is -4.79. The third-order valence-corrected chi connectivity index (χ3v) is 6.56. The van der Waals surface area contributed by atoms with Gasteiger partial charge in [-0.05, 0) is 33.3 Å². The van der Waals surface area contributed by atoms with E-state index in [9.17, 15) is 23.1 Å². The van der Waals surface area contributed by atoms with Crippen molar-refractivity contribution in [3.05, 3.63) is 35.9 Å². The van der Waals surface area contributed by atoms with Crippen molar-refractivity contribution in [1.82, 2.24) is 4.90 Å². The predicted molar refractivity (Wildman–Crippen MR) is 118 cm³/mol. The van der Waals surface area contributed by atoms with E-state index in [1.54, 1.807) is 51.1 Å². The van der Waals surface area contributed by atoms with Crippen LogP contribution in [0.1, 0.15) is 33.3 Å². The summed E-state index contributed by atoms with van der Waals surface area (Å²) in [6.07, 6.45) is -11.8. The zero-order chi connectivity index (χ0) is 25.5. The van der Waals surface area contributed by atoms with Gasteiger partial charge < -0.3 is 19.3 Å². The zero-order valence-corrected chi connectivity index (χ0v) is 20.2. The van der Waals surface area contributed by atoms with Crippen LogP contribution in [-0.2, 0) is 20.8 Å². The molecule has 3 rings (SSSR count). The van der Waals surface area contributed by atoms with Gasteiger partial charge in [0.2, 0.25) is 0 Å². The maximum absolute atomic E-state index is 15.6. The molecule has 0 radical (unpaired) electrons. The van der Waals surface area contributed by atoms with E-state index in [0.29, 0.717) is 12.5 Å². The van der Waals surface area contributed by atoms with E-state index in [1.165, 1.54) is 7.05 Å². The molecule has 0 spiro atoms. The van der Waals surface area contributed by atoms with E-state index < -0.39 is 53.3 Å². The number of carbonyl (C=O) groups is 1. The Hall–Kier alpha value is -1.89. The van der Waals surface area contributed by atoms with Crippen LogP contribution in [0.15, 0.2) is 35.3 Å². The Kier molecular flexibility index (Phi) is 7.57. The number of aliphatic imine (C=N–C) groups is 1. The quantitative estimate of drug-likeness (QED) is 0.612. The van der Waals surface area contributed by atoms with Gasteiger partial charge in [-0.1, -0.05) is 42.1 Å². The first-order valence-electron chi connectivity index (χ1n) is 10.6. The van der Waals surface area contributed by atoms with E-state index in [-0.39, 0.29) is 11.8 Å². The number of amides is 1. The summed E-state index contributed by atoms with van der Waals surface area (Å²) < 4.78 is 73.1. The normalized spacial score (nSPS) is 29.1. The number of halogens is 4. The third-order valence-electron chi connectivity index (χ3n) is 5.35. The zero-order valence-electron chi connectivity index (χ0n) is 19.4. The molecule has 190 valence electrons. The standard InChI is InChI=1S/C22H28F4N2O5S/c1-20(2,3)33-19(29)28(5)18-27-14-13(23)15(31-11-12-9-7-6-8-10-12)16(32-17(14)34-18)21(4,30)22(24,25)26/h6-10,13-17,30H,11H2,1-5H3/t13-,14+,15-,16-,17+,21-/m0/s1. The number of nitrogens with zero attached hydrogens (tertiary/aromatic N) is 2. The molecule has 1 saturated heterocycles. The minimum absolute atomic E-state index is 0.0287.